The van der Waals surface area contributed by atoms with Crippen LogP contribution in [0.1, 0.15) is 24.0 Å². The van der Waals surface area contributed by atoms with Gasteiger partial charge in [-0.15, -0.1) is 0 Å². The maximum atomic E-state index is 13.3. The summed E-state index contributed by atoms with van der Waals surface area (Å²) >= 11 is 0. The average molecular weight is 301 g/mol. The Morgan fingerprint density at radius 3 is 2.38 bits per heavy atom. The Kier molecular flexibility index (Phi) is 3.59. The summed E-state index contributed by atoms with van der Waals surface area (Å²) in [4.78, 5) is 0.384. The first-order valence-corrected chi connectivity index (χ1v) is 8.68. The highest BCUT2D eigenvalue weighted by atomic mass is 32.2. The van der Waals surface area contributed by atoms with Crippen LogP contribution in [0.25, 0.3) is 0 Å². The third-order valence-electron chi connectivity index (χ3n) is 4.42. The van der Waals surface area contributed by atoms with E-state index in [0.717, 1.165) is 17.5 Å². The molecular formula is C17H19NO2S. The molecule has 0 bridgehead atoms. The Bertz CT molecular complexity index is 736. The number of hydrogen-bond donors (Lipinski definition) is 1. The summed E-state index contributed by atoms with van der Waals surface area (Å²) in [6.07, 6.45) is 1.87. The average Bonchev–Trinajstić information content (AvgIpc) is 2.89. The molecule has 0 aliphatic heterocycles. The molecule has 2 aromatic rings. The fourth-order valence-electron chi connectivity index (χ4n) is 3.39. The summed E-state index contributed by atoms with van der Waals surface area (Å²) in [5, 5.41) is 0. The predicted molar refractivity (Wildman–Crippen MR) is 83.7 cm³/mol. The minimum absolute atomic E-state index is 0.362. The number of benzene rings is 2. The van der Waals surface area contributed by atoms with E-state index in [1.807, 2.05) is 30.3 Å². The van der Waals surface area contributed by atoms with Crippen LogP contribution in [-0.2, 0) is 21.0 Å². The van der Waals surface area contributed by atoms with Crippen molar-refractivity contribution in [3.63, 3.8) is 0 Å². The number of sulfone groups is 1. The molecule has 0 amide bonds. The van der Waals surface area contributed by atoms with E-state index < -0.39 is 14.6 Å². The van der Waals surface area contributed by atoms with Crippen molar-refractivity contribution < 1.29 is 8.42 Å². The maximum Gasteiger partial charge on any atom is 0.188 e. The third kappa shape index (κ3) is 2.10. The monoisotopic (exact) mass is 301 g/mol. The second-order valence-electron chi connectivity index (χ2n) is 5.51. The van der Waals surface area contributed by atoms with E-state index in [2.05, 4.69) is 0 Å². The van der Waals surface area contributed by atoms with E-state index in [9.17, 15) is 8.42 Å². The van der Waals surface area contributed by atoms with Gasteiger partial charge in [0.2, 0.25) is 0 Å². The van der Waals surface area contributed by atoms with Crippen LogP contribution in [0, 0.1) is 0 Å². The number of fused-ring (bicyclic) bond motifs is 1. The maximum absolute atomic E-state index is 13.3. The van der Waals surface area contributed by atoms with Crippen molar-refractivity contribution in [2.24, 2.45) is 5.73 Å². The normalized spacial score (nSPS) is 21.2. The molecule has 4 heteroatoms. The van der Waals surface area contributed by atoms with Crippen LogP contribution >= 0.6 is 0 Å². The van der Waals surface area contributed by atoms with Crippen molar-refractivity contribution in [3.05, 3.63) is 65.7 Å². The van der Waals surface area contributed by atoms with Gasteiger partial charge in [0.15, 0.2) is 9.84 Å². The van der Waals surface area contributed by atoms with Gasteiger partial charge in [0.1, 0.15) is 4.75 Å². The van der Waals surface area contributed by atoms with Gasteiger partial charge in [-0.1, -0.05) is 42.5 Å². The van der Waals surface area contributed by atoms with Gasteiger partial charge in [-0.3, -0.25) is 0 Å². The van der Waals surface area contributed by atoms with E-state index >= 15 is 0 Å². The quantitative estimate of drug-likeness (QED) is 0.944. The molecule has 110 valence electrons. The van der Waals surface area contributed by atoms with Crippen LogP contribution in [0.15, 0.2) is 59.5 Å². The fraction of sp³-hybridized carbons (Fsp3) is 0.294. The standard InChI is InChI=1S/C17H19NO2S/c18-13-12-17(11-10-14-6-4-5-9-16(14)17)21(19,20)15-7-2-1-3-8-15/h1-9H,10-13,18H2. The van der Waals surface area contributed by atoms with Crippen LogP contribution in [0.3, 0.4) is 0 Å². The van der Waals surface area contributed by atoms with Crippen LogP contribution < -0.4 is 5.73 Å². The lowest BCUT2D eigenvalue weighted by Crippen LogP contribution is -2.36. The van der Waals surface area contributed by atoms with Gasteiger partial charge in [0.25, 0.3) is 0 Å². The van der Waals surface area contributed by atoms with Gasteiger partial charge in [-0.25, -0.2) is 8.42 Å². The van der Waals surface area contributed by atoms with Crippen molar-refractivity contribution in [1.29, 1.82) is 0 Å². The molecule has 0 heterocycles. The number of nitrogens with two attached hydrogens (primary N) is 1. The van der Waals surface area contributed by atoms with Crippen LogP contribution in [-0.4, -0.2) is 15.0 Å². The Hall–Kier alpha value is -1.65. The topological polar surface area (TPSA) is 60.2 Å². The molecule has 1 aliphatic carbocycles. The number of rotatable bonds is 4. The van der Waals surface area contributed by atoms with Gasteiger partial charge in [0.05, 0.1) is 4.90 Å². The van der Waals surface area contributed by atoms with Crippen molar-refractivity contribution in [3.8, 4) is 0 Å². The molecule has 1 aliphatic rings. The lowest BCUT2D eigenvalue weighted by Gasteiger charge is -2.30. The molecule has 3 rings (SSSR count). The van der Waals surface area contributed by atoms with Gasteiger partial charge >= 0.3 is 0 Å². The van der Waals surface area contributed by atoms with E-state index in [1.165, 1.54) is 0 Å². The predicted octanol–water partition coefficient (Wildman–Crippen LogP) is 2.65. The molecule has 3 nitrogen and oxygen atoms in total. The number of hydrogen-bond acceptors (Lipinski definition) is 3. The SMILES string of the molecule is NCCC1(S(=O)(=O)c2ccccc2)CCc2ccccc21. The third-order valence-corrected chi connectivity index (χ3v) is 6.97. The summed E-state index contributed by atoms with van der Waals surface area (Å²) in [5.74, 6) is 0. The van der Waals surface area contributed by atoms with Gasteiger partial charge < -0.3 is 5.73 Å². The Balaban J connectivity index is 2.21. The highest BCUT2D eigenvalue weighted by molar-refractivity contribution is 7.92. The van der Waals surface area contributed by atoms with Crippen molar-refractivity contribution >= 4 is 9.84 Å². The molecule has 0 saturated heterocycles. The van der Waals surface area contributed by atoms with E-state index in [4.69, 9.17) is 5.73 Å². The van der Waals surface area contributed by atoms with Gasteiger partial charge in [-0.2, -0.15) is 0 Å². The first-order valence-electron chi connectivity index (χ1n) is 7.20. The lowest BCUT2D eigenvalue weighted by atomic mass is 9.97. The van der Waals surface area contributed by atoms with E-state index in [1.54, 1.807) is 24.3 Å². The molecular weight excluding hydrogens is 282 g/mol. The van der Waals surface area contributed by atoms with Gasteiger partial charge in [-0.05, 0) is 49.1 Å². The molecule has 0 saturated carbocycles. The first kappa shape index (κ1) is 14.3. The van der Waals surface area contributed by atoms with E-state index in [-0.39, 0.29) is 0 Å². The zero-order valence-corrected chi connectivity index (χ0v) is 12.6. The summed E-state index contributed by atoms with van der Waals surface area (Å²) in [6.45, 7) is 0.362. The van der Waals surface area contributed by atoms with Crippen LogP contribution in [0.2, 0.25) is 0 Å². The second kappa shape index (κ2) is 5.28. The molecule has 0 radical (unpaired) electrons. The van der Waals surface area contributed by atoms with Crippen molar-refractivity contribution in [2.75, 3.05) is 6.54 Å². The van der Waals surface area contributed by atoms with Crippen LogP contribution in [0.5, 0.6) is 0 Å². The minimum Gasteiger partial charge on any atom is -0.330 e. The molecule has 0 fully saturated rings. The Morgan fingerprint density at radius 1 is 1.00 bits per heavy atom. The summed E-state index contributed by atoms with van der Waals surface area (Å²) in [7, 11) is -3.46. The fourth-order valence-corrected chi connectivity index (χ4v) is 5.60. The smallest absolute Gasteiger partial charge is 0.188 e. The molecule has 0 aromatic heterocycles. The van der Waals surface area contributed by atoms with Crippen LogP contribution in [0.4, 0.5) is 0 Å². The molecule has 1 atom stereocenters. The first-order chi connectivity index (χ1) is 10.1. The minimum atomic E-state index is -3.46. The zero-order valence-electron chi connectivity index (χ0n) is 11.8. The lowest BCUT2D eigenvalue weighted by molar-refractivity contribution is 0.492. The number of aryl methyl sites for hydroxylation is 1. The Morgan fingerprint density at radius 2 is 1.67 bits per heavy atom. The second-order valence-corrected chi connectivity index (χ2v) is 7.77. The summed E-state index contributed by atoms with van der Waals surface area (Å²) in [6, 6.07) is 16.6. The van der Waals surface area contributed by atoms with Crippen molar-refractivity contribution in [1.82, 2.24) is 0 Å². The summed E-state index contributed by atoms with van der Waals surface area (Å²) < 4.78 is 25.6. The zero-order chi connectivity index (χ0) is 14.9. The highest BCUT2D eigenvalue weighted by Gasteiger charge is 2.49. The van der Waals surface area contributed by atoms with Gasteiger partial charge in [0, 0.05) is 0 Å². The highest BCUT2D eigenvalue weighted by Crippen LogP contribution is 2.48. The van der Waals surface area contributed by atoms with Crippen molar-refractivity contribution in [2.45, 2.75) is 28.9 Å². The molecule has 1 unspecified atom stereocenters. The largest absolute Gasteiger partial charge is 0.330 e. The molecule has 2 N–H and O–H groups in total. The summed E-state index contributed by atoms with van der Waals surface area (Å²) in [5.41, 5.74) is 7.82. The molecule has 0 spiro atoms. The van der Waals surface area contributed by atoms with E-state index in [0.29, 0.717) is 24.3 Å². The Labute approximate surface area is 125 Å². The molecule has 2 aromatic carbocycles. The molecule has 21 heavy (non-hydrogen) atoms.